The Morgan fingerprint density at radius 2 is 0.753 bits per heavy atom. The lowest BCUT2D eigenvalue weighted by molar-refractivity contribution is -0.170. The van der Waals surface area contributed by atoms with E-state index in [-0.39, 0.29) is 68.4 Å². The number of aromatic nitrogens is 20. The van der Waals surface area contributed by atoms with Crippen LogP contribution in [0.25, 0.3) is 55.2 Å². The average molecular weight is 2040 g/mol. The van der Waals surface area contributed by atoms with Crippen molar-refractivity contribution in [1.29, 1.82) is 0 Å². The van der Waals surface area contributed by atoms with E-state index in [1.165, 1.54) is 41.5 Å². The highest BCUT2D eigenvalue weighted by Crippen LogP contribution is 2.48. The number of carboxylic acids is 1. The molecule has 784 valence electrons. The Bertz CT molecular complexity index is 7080. The summed E-state index contributed by atoms with van der Waals surface area (Å²) in [6, 6.07) is 36.0. The highest BCUT2D eigenvalue weighted by atomic mass is 19.1. The Morgan fingerprint density at radius 3 is 1.01 bits per heavy atom. The van der Waals surface area contributed by atoms with E-state index in [1.807, 2.05) is 158 Å². The zero-order valence-corrected chi connectivity index (χ0v) is 85.3. The molecule has 2 atom stereocenters. The largest absolute Gasteiger partial charge is 0.479 e. The van der Waals surface area contributed by atoms with Crippen LogP contribution in [0.15, 0.2) is 194 Å². The average Bonchev–Trinajstić information content (AvgIpc) is 1.15. The smallest absolute Gasteiger partial charge is 0.338 e. The fraction of sp³-hybridized carbons (Fsp3) is 0.387. The van der Waals surface area contributed by atoms with Gasteiger partial charge in [-0.2, -0.15) is 25.5 Å². The standard InChI is InChI=1S/2C30H32FN9O2.C22H26N4O3.C20H23N5O3.C4H6.C3H4.2CH4/c2*1-18-13-25(39-38-18)36-24-14-21-5-4-12-32-27(21)28(37-24)20-8-10-30(42-3,11-9-20)29(41)35-19(2)22-6-7-26(33-15-22)40-17-23(31)16-34-40;1-14-11-17(24-13-14)25-18-12-16-5-4-10-23-19(16)20(26-18)15-6-8-22(29-3,9-7-15)21(27)28-2;1-12-10-16(25-24-12)22-15-11-14-4-3-9-21-17(14)18(23-15)13-5-7-20(28-2,8-6-13)19(26)27;1-3-4-2;1-3-2;;/h2*4-7,12-17,19-20H,8-11H2,1-3H3,(H,35,41)(H2,36,37,38,39);4-5,10-12,15H,6-9,13H2,1-3H3,(H,24,25,26);3-4,9-11,13H,5-8H2,1-2H3,(H,26,27)(H2,22,23,24,25);1-2H3;1H,2H3;2*1H4/t2*19-,20?,30?;;;;;;/m00....../s1. The minimum absolute atomic E-state index is 0. The summed E-state index contributed by atoms with van der Waals surface area (Å²) in [7, 11) is 7.64. The highest BCUT2D eigenvalue weighted by Gasteiger charge is 2.48. The molecule has 0 aromatic carbocycles. The number of halogens is 2. The number of H-pyrrole nitrogens is 3. The molecule has 0 bridgehead atoms. The first-order valence-corrected chi connectivity index (χ1v) is 49.1. The summed E-state index contributed by atoms with van der Waals surface area (Å²) in [5, 5.41) is 62.4. The number of terminal acetylenes is 1. The van der Waals surface area contributed by atoms with Crippen LogP contribution in [0.3, 0.4) is 0 Å². The number of nitrogens with zero attached hydrogens (tertiary/aromatic N) is 18. The second-order valence-corrected chi connectivity index (χ2v) is 37.3. The van der Waals surface area contributed by atoms with Gasteiger partial charge in [0.1, 0.15) is 40.3 Å². The predicted molar refractivity (Wildman–Crippen MR) is 574 cm³/mol. The van der Waals surface area contributed by atoms with Crippen LogP contribution in [0.2, 0.25) is 0 Å². The van der Waals surface area contributed by atoms with Crippen molar-refractivity contribution < 1.29 is 56.7 Å². The van der Waals surface area contributed by atoms with E-state index in [0.717, 1.165) is 164 Å². The monoisotopic (exact) mass is 2040 g/mol. The quantitative estimate of drug-likeness (QED) is 0.0188. The highest BCUT2D eigenvalue weighted by molar-refractivity contribution is 6.06. The zero-order valence-electron chi connectivity index (χ0n) is 85.3. The molecule has 4 saturated carbocycles. The summed E-state index contributed by atoms with van der Waals surface area (Å²) >= 11 is 0. The van der Waals surface area contributed by atoms with Gasteiger partial charge in [0.2, 0.25) is 0 Å². The van der Waals surface area contributed by atoms with E-state index >= 15 is 0 Å². The van der Waals surface area contributed by atoms with Crippen molar-refractivity contribution in [3.05, 3.63) is 251 Å². The van der Waals surface area contributed by atoms with Crippen molar-refractivity contribution in [3.8, 4) is 35.8 Å². The molecule has 0 radical (unpaired) electrons. The maximum Gasteiger partial charge on any atom is 0.338 e. The first-order chi connectivity index (χ1) is 71.5. The number of esters is 1. The number of amidine groups is 1. The lowest BCUT2D eigenvalue weighted by Crippen LogP contribution is -2.50. The van der Waals surface area contributed by atoms with E-state index in [4.69, 9.17) is 43.6 Å². The van der Waals surface area contributed by atoms with Crippen molar-refractivity contribution in [3.63, 3.8) is 0 Å². The van der Waals surface area contributed by atoms with E-state index in [0.29, 0.717) is 111 Å². The Kier molecular flexibility index (Phi) is 37.4. The summed E-state index contributed by atoms with van der Waals surface area (Å²) < 4.78 is 57.1. The van der Waals surface area contributed by atoms with Gasteiger partial charge in [-0.3, -0.25) is 49.8 Å². The molecule has 0 unspecified atom stereocenters. The van der Waals surface area contributed by atoms with Crippen LogP contribution >= 0.6 is 0 Å². The number of rotatable bonds is 25. The molecule has 37 nitrogen and oxygen atoms in total. The number of methoxy groups -OCH3 is 5. The van der Waals surface area contributed by atoms with Crippen molar-refractivity contribution >= 4 is 114 Å². The van der Waals surface area contributed by atoms with E-state index in [1.54, 1.807) is 77.6 Å². The third kappa shape index (κ3) is 26.3. The summed E-state index contributed by atoms with van der Waals surface area (Å²) in [5.74, 6) is 12.5. The third-order valence-corrected chi connectivity index (χ3v) is 27.6. The Morgan fingerprint density at radius 1 is 0.440 bits per heavy atom. The van der Waals surface area contributed by atoms with Crippen LogP contribution < -0.4 is 31.9 Å². The van der Waals surface area contributed by atoms with Crippen molar-refractivity contribution in [2.24, 2.45) is 4.99 Å². The summed E-state index contributed by atoms with van der Waals surface area (Å²) in [6.45, 7) is 17.7. The Balaban J connectivity index is 0.000000165. The molecule has 20 rings (SSSR count). The molecule has 4 aliphatic carbocycles. The SMILES string of the molecule is C.C.C#CC.CC#CC.COC(=O)C1(OC)CCC(c2nc(NC3=NCC(C)=C3)cc3cccnc23)CC1.COC1(C(=O)N[C@@H](C)c2ccc(-n3cc(F)cn3)nc2)CCC(c2nc(Nc3cc(C)[nH]n3)cc3cccnc23)CC1.COC1(C(=O)N[C@@H](C)c2ccc(-n3cc(F)cn3)nc2)CCC(c2nc(Nc3cc(C)[nH]n3)cc3cccnc23)CC1.COC1(C(=O)O)CCC(c2nc(Nc3cc(C)[nH]n3)cc3cccnc23)CC1. The van der Waals surface area contributed by atoms with Gasteiger partial charge in [-0.15, -0.1) is 24.2 Å². The van der Waals surface area contributed by atoms with Crippen LogP contribution in [-0.4, -0.2) is 199 Å². The van der Waals surface area contributed by atoms with Gasteiger partial charge in [0.25, 0.3) is 11.8 Å². The van der Waals surface area contributed by atoms with E-state index in [2.05, 4.69) is 139 Å². The van der Waals surface area contributed by atoms with Gasteiger partial charge in [0, 0.05) is 146 Å². The molecule has 15 aromatic heterocycles. The minimum atomic E-state index is -1.10. The fourth-order valence-electron chi connectivity index (χ4n) is 19.3. The van der Waals surface area contributed by atoms with Crippen LogP contribution in [0.4, 0.5) is 49.5 Å². The number of ether oxygens (including phenoxy) is 5. The molecule has 10 N–H and O–H groups in total. The maximum atomic E-state index is 13.6. The van der Waals surface area contributed by atoms with Crippen LogP contribution in [0, 0.1) is 56.6 Å². The van der Waals surface area contributed by atoms with E-state index < -0.39 is 40.0 Å². The molecule has 0 spiro atoms. The molecule has 5 aliphatic rings. The van der Waals surface area contributed by atoms with Gasteiger partial charge in [-0.1, -0.05) is 51.3 Å². The number of pyridine rings is 10. The maximum absolute atomic E-state index is 13.6. The number of hydrogen-bond donors (Lipinski definition) is 10. The summed E-state index contributed by atoms with van der Waals surface area (Å²) in [6.07, 6.45) is 31.9. The second kappa shape index (κ2) is 50.5. The fourth-order valence-corrected chi connectivity index (χ4v) is 19.3. The number of aromatic amines is 3. The number of aliphatic imine (C=N–C) groups is 1. The number of carbonyl (C=O) groups is 4. The van der Waals surface area contributed by atoms with Gasteiger partial charge in [-0.25, -0.2) is 57.6 Å². The molecule has 4 fully saturated rings. The topological polar surface area (TPSA) is 470 Å². The molecule has 39 heteroatoms. The number of carboxylic acid groups (broad SMARTS) is 1. The predicted octanol–water partition coefficient (Wildman–Crippen LogP) is 20.2. The van der Waals surface area contributed by atoms with Gasteiger partial charge in [-0.05, 0) is 248 Å². The van der Waals surface area contributed by atoms with Crippen molar-refractivity contribution in [1.82, 2.24) is 111 Å². The van der Waals surface area contributed by atoms with Crippen LogP contribution in [0.5, 0.6) is 0 Å². The molecule has 16 heterocycles. The Hall–Kier alpha value is -16.1. The normalized spacial score (nSPS) is 19.9. The van der Waals surface area contributed by atoms with Crippen molar-refractivity contribution in [2.45, 2.75) is 238 Å². The molecule has 15 aromatic rings. The number of aliphatic carboxylic acids is 1. The minimum Gasteiger partial charge on any atom is -0.479 e. The first-order valence-electron chi connectivity index (χ1n) is 49.1. The van der Waals surface area contributed by atoms with Crippen molar-refractivity contribution in [2.75, 3.05) is 63.4 Å². The van der Waals surface area contributed by atoms with Crippen LogP contribution in [-0.2, 0) is 42.9 Å². The summed E-state index contributed by atoms with van der Waals surface area (Å²) in [5.41, 5.74) is 9.04. The third-order valence-electron chi connectivity index (χ3n) is 27.6. The van der Waals surface area contributed by atoms with Crippen LogP contribution in [0.1, 0.15) is 246 Å². The number of amides is 2. The Labute approximate surface area is 870 Å². The molecule has 1 aliphatic heterocycles. The number of carbonyl (C=O) groups excluding carboxylic acids is 3. The van der Waals surface area contributed by atoms with Gasteiger partial charge >= 0.3 is 11.9 Å². The molecular weight excluding hydrogens is 1910 g/mol. The molecule has 150 heavy (non-hydrogen) atoms. The second-order valence-electron chi connectivity index (χ2n) is 37.3. The molecular formula is C111H131F2N27O10. The number of hydrogen-bond acceptors (Lipinski definition) is 29. The molecule has 2 amide bonds. The number of anilines is 7. The lowest BCUT2D eigenvalue weighted by atomic mass is 9.76. The summed E-state index contributed by atoms with van der Waals surface area (Å²) in [4.78, 5) is 102. The zero-order chi connectivity index (χ0) is 105. The van der Waals surface area contributed by atoms with Gasteiger partial charge < -0.3 is 60.7 Å². The van der Waals surface area contributed by atoms with Gasteiger partial charge in [0.05, 0.1) is 95.4 Å². The number of nitrogens with one attached hydrogen (secondary N) is 9. The van der Waals surface area contributed by atoms with Gasteiger partial charge in [0.15, 0.2) is 51.9 Å². The van der Waals surface area contributed by atoms with E-state index in [9.17, 15) is 33.1 Å². The number of fused-ring (bicyclic) bond motifs is 4. The number of aryl methyl sites for hydroxylation is 3. The molecule has 0 saturated heterocycles. The first kappa shape index (κ1) is 111. The lowest BCUT2D eigenvalue weighted by Gasteiger charge is -2.38.